The smallest absolute Gasteiger partial charge is 0.289 e. The molecule has 3 heterocycles. The number of halogens is 1. The maximum atomic E-state index is 11.9. The van der Waals surface area contributed by atoms with Crippen molar-refractivity contribution in [1.82, 2.24) is 10.2 Å². The molecule has 1 aromatic heterocycles. The molecule has 2 aliphatic rings. The predicted molar refractivity (Wildman–Crippen MR) is 54.9 cm³/mol. The zero-order valence-corrected chi connectivity index (χ0v) is 8.83. The summed E-state index contributed by atoms with van der Waals surface area (Å²) in [4.78, 5) is 13.8. The van der Waals surface area contributed by atoms with Crippen molar-refractivity contribution in [3.63, 3.8) is 0 Å². The number of fused-ring (bicyclic) bond motifs is 1. The molecule has 2 saturated heterocycles. The lowest BCUT2D eigenvalue weighted by Gasteiger charge is -2.43. The number of furan rings is 1. The molecule has 0 radical (unpaired) electrons. The fourth-order valence-electron chi connectivity index (χ4n) is 2.32. The Bertz CT molecular complexity index is 404. The third kappa shape index (κ3) is 1.36. The van der Waals surface area contributed by atoms with Gasteiger partial charge in [-0.2, -0.15) is 0 Å². The molecule has 1 aromatic rings. The van der Waals surface area contributed by atoms with Gasteiger partial charge in [0.25, 0.3) is 5.91 Å². The molecule has 0 bridgehead atoms. The molecule has 2 atom stereocenters. The number of amides is 1. The van der Waals surface area contributed by atoms with Crippen molar-refractivity contribution in [2.45, 2.75) is 6.04 Å². The molecule has 4 nitrogen and oxygen atoms in total. The fraction of sp³-hybridized carbons (Fsp3) is 0.500. The standard InChI is InChI=1S/C10H11ClN2O2/c11-9-2-1-8(15-9)10(14)13-5-6-3-12-4-7(6)13/h1-2,6-7,12H,3-5H2. The van der Waals surface area contributed by atoms with Gasteiger partial charge in [0.05, 0.1) is 6.04 Å². The number of hydrogen-bond acceptors (Lipinski definition) is 3. The van der Waals surface area contributed by atoms with Gasteiger partial charge in [-0.05, 0) is 23.7 Å². The number of carbonyl (C=O) groups excluding carboxylic acids is 1. The summed E-state index contributed by atoms with van der Waals surface area (Å²) in [5.41, 5.74) is 0. The Kier molecular flexibility index (Phi) is 2.00. The van der Waals surface area contributed by atoms with Crippen LogP contribution >= 0.6 is 11.6 Å². The second-order valence-electron chi connectivity index (χ2n) is 4.05. The van der Waals surface area contributed by atoms with Crippen molar-refractivity contribution in [2.75, 3.05) is 19.6 Å². The van der Waals surface area contributed by atoms with Gasteiger partial charge in [0.15, 0.2) is 11.0 Å². The zero-order valence-electron chi connectivity index (χ0n) is 8.07. The summed E-state index contributed by atoms with van der Waals surface area (Å²) >= 11 is 5.63. The summed E-state index contributed by atoms with van der Waals surface area (Å²) in [5.74, 6) is 0.914. The van der Waals surface area contributed by atoms with Gasteiger partial charge in [-0.15, -0.1) is 0 Å². The number of nitrogens with zero attached hydrogens (tertiary/aromatic N) is 1. The van der Waals surface area contributed by atoms with Gasteiger partial charge in [-0.25, -0.2) is 0 Å². The van der Waals surface area contributed by atoms with Crippen molar-refractivity contribution < 1.29 is 9.21 Å². The van der Waals surface area contributed by atoms with Crippen LogP contribution in [0.1, 0.15) is 10.6 Å². The van der Waals surface area contributed by atoms with E-state index in [-0.39, 0.29) is 11.1 Å². The molecule has 0 spiro atoms. The largest absolute Gasteiger partial charge is 0.440 e. The Morgan fingerprint density at radius 3 is 3.07 bits per heavy atom. The van der Waals surface area contributed by atoms with E-state index in [1.807, 2.05) is 4.90 Å². The Hall–Kier alpha value is -1.00. The van der Waals surface area contributed by atoms with E-state index in [1.165, 1.54) is 0 Å². The molecule has 80 valence electrons. The Morgan fingerprint density at radius 1 is 1.53 bits per heavy atom. The molecule has 2 unspecified atom stereocenters. The van der Waals surface area contributed by atoms with Crippen LogP contribution in [0, 0.1) is 5.92 Å². The lowest BCUT2D eigenvalue weighted by Crippen LogP contribution is -2.57. The highest BCUT2D eigenvalue weighted by Gasteiger charge is 2.45. The summed E-state index contributed by atoms with van der Waals surface area (Å²) in [7, 11) is 0. The minimum Gasteiger partial charge on any atom is -0.440 e. The first-order valence-corrected chi connectivity index (χ1v) is 5.40. The predicted octanol–water partition coefficient (Wildman–Crippen LogP) is 0.977. The molecule has 1 N–H and O–H groups in total. The van der Waals surface area contributed by atoms with E-state index in [4.69, 9.17) is 16.0 Å². The monoisotopic (exact) mass is 226 g/mol. The van der Waals surface area contributed by atoms with Gasteiger partial charge in [-0.3, -0.25) is 4.79 Å². The summed E-state index contributed by atoms with van der Waals surface area (Å²) in [6, 6.07) is 3.57. The molecule has 1 amide bonds. The summed E-state index contributed by atoms with van der Waals surface area (Å²) in [6.45, 7) is 2.74. The fourth-order valence-corrected chi connectivity index (χ4v) is 2.47. The minimum atomic E-state index is -0.0492. The first-order chi connectivity index (χ1) is 7.25. The zero-order chi connectivity index (χ0) is 10.4. The van der Waals surface area contributed by atoms with Crippen molar-refractivity contribution in [3.8, 4) is 0 Å². The Balaban J connectivity index is 1.76. The minimum absolute atomic E-state index is 0.0492. The lowest BCUT2D eigenvalue weighted by molar-refractivity contribution is 0.0297. The van der Waals surface area contributed by atoms with Crippen LogP contribution in [-0.2, 0) is 0 Å². The number of likely N-dealkylation sites (tertiary alicyclic amines) is 1. The van der Waals surface area contributed by atoms with Crippen LogP contribution in [0.5, 0.6) is 0 Å². The number of carbonyl (C=O) groups is 1. The molecular weight excluding hydrogens is 216 g/mol. The van der Waals surface area contributed by atoms with Crippen LogP contribution in [0.15, 0.2) is 16.5 Å². The summed E-state index contributed by atoms with van der Waals surface area (Å²) in [6.07, 6.45) is 0. The van der Waals surface area contributed by atoms with Crippen LogP contribution in [-0.4, -0.2) is 36.5 Å². The Morgan fingerprint density at radius 2 is 2.40 bits per heavy atom. The van der Waals surface area contributed by atoms with Gasteiger partial charge in [-0.1, -0.05) is 0 Å². The van der Waals surface area contributed by atoms with E-state index in [0.717, 1.165) is 19.6 Å². The van der Waals surface area contributed by atoms with Gasteiger partial charge in [0.2, 0.25) is 0 Å². The highest BCUT2D eigenvalue weighted by Crippen LogP contribution is 2.30. The van der Waals surface area contributed by atoms with E-state index in [0.29, 0.717) is 17.7 Å². The van der Waals surface area contributed by atoms with Gasteiger partial charge in [0, 0.05) is 25.6 Å². The summed E-state index contributed by atoms with van der Waals surface area (Å²) in [5, 5.41) is 3.54. The van der Waals surface area contributed by atoms with Crippen molar-refractivity contribution >= 4 is 17.5 Å². The van der Waals surface area contributed by atoms with Gasteiger partial charge >= 0.3 is 0 Å². The van der Waals surface area contributed by atoms with Crippen LogP contribution < -0.4 is 5.32 Å². The molecule has 3 rings (SSSR count). The molecule has 5 heteroatoms. The van der Waals surface area contributed by atoms with Crippen LogP contribution in [0.3, 0.4) is 0 Å². The van der Waals surface area contributed by atoms with Gasteiger partial charge in [0.1, 0.15) is 0 Å². The highest BCUT2D eigenvalue weighted by molar-refractivity contribution is 6.29. The quantitative estimate of drug-likeness (QED) is 0.777. The Labute approximate surface area is 92.2 Å². The molecule has 0 aliphatic carbocycles. The van der Waals surface area contributed by atoms with Crippen LogP contribution in [0.4, 0.5) is 0 Å². The topological polar surface area (TPSA) is 45.5 Å². The maximum absolute atomic E-state index is 11.9. The molecular formula is C10H11ClN2O2. The molecule has 0 aromatic carbocycles. The summed E-state index contributed by atoms with van der Waals surface area (Å²) < 4.78 is 5.10. The van der Waals surface area contributed by atoms with E-state index in [1.54, 1.807) is 12.1 Å². The highest BCUT2D eigenvalue weighted by atomic mass is 35.5. The normalized spacial score (nSPS) is 28.7. The first-order valence-electron chi connectivity index (χ1n) is 5.03. The molecule has 2 aliphatic heterocycles. The van der Waals surface area contributed by atoms with Gasteiger partial charge < -0.3 is 14.6 Å². The molecule has 15 heavy (non-hydrogen) atoms. The lowest BCUT2D eigenvalue weighted by atomic mass is 9.92. The second kappa shape index (κ2) is 3.25. The number of hydrogen-bond donors (Lipinski definition) is 1. The maximum Gasteiger partial charge on any atom is 0.289 e. The number of rotatable bonds is 1. The van der Waals surface area contributed by atoms with E-state index in [2.05, 4.69) is 5.32 Å². The van der Waals surface area contributed by atoms with Crippen molar-refractivity contribution in [1.29, 1.82) is 0 Å². The van der Waals surface area contributed by atoms with E-state index < -0.39 is 0 Å². The van der Waals surface area contributed by atoms with Crippen molar-refractivity contribution in [2.24, 2.45) is 5.92 Å². The average molecular weight is 227 g/mol. The molecule has 0 saturated carbocycles. The average Bonchev–Trinajstić information content (AvgIpc) is 2.74. The molecule has 2 fully saturated rings. The number of nitrogens with one attached hydrogen (secondary N) is 1. The SMILES string of the molecule is O=C(c1ccc(Cl)o1)N1CC2CNCC21. The third-order valence-electron chi connectivity index (χ3n) is 3.18. The third-order valence-corrected chi connectivity index (χ3v) is 3.38. The van der Waals surface area contributed by atoms with Crippen LogP contribution in [0.25, 0.3) is 0 Å². The van der Waals surface area contributed by atoms with E-state index >= 15 is 0 Å². The van der Waals surface area contributed by atoms with E-state index in [9.17, 15) is 4.79 Å². The first kappa shape index (κ1) is 9.24. The van der Waals surface area contributed by atoms with Crippen LogP contribution in [0.2, 0.25) is 5.22 Å². The second-order valence-corrected chi connectivity index (χ2v) is 4.42. The van der Waals surface area contributed by atoms with Crippen molar-refractivity contribution in [3.05, 3.63) is 23.1 Å².